The molecule has 1 aliphatic carbocycles. The van der Waals surface area contributed by atoms with Crippen LogP contribution in [0.25, 0.3) is 0 Å². The lowest BCUT2D eigenvalue weighted by Crippen LogP contribution is -2.59. The van der Waals surface area contributed by atoms with Gasteiger partial charge in [-0.15, -0.1) is 0 Å². The predicted molar refractivity (Wildman–Crippen MR) is 104 cm³/mol. The molecule has 2 unspecified atom stereocenters. The average molecular weight is 371 g/mol. The second-order valence-corrected chi connectivity index (χ2v) is 8.25. The molecule has 1 aliphatic heterocycles. The van der Waals surface area contributed by atoms with Crippen LogP contribution in [0, 0.1) is 11.8 Å². The third kappa shape index (κ3) is 3.45. The van der Waals surface area contributed by atoms with E-state index in [1.54, 1.807) is 0 Å². The molecular formula is C21H29N3O3. The highest BCUT2D eigenvalue weighted by molar-refractivity contribution is 6.10. The van der Waals surface area contributed by atoms with E-state index in [1.165, 1.54) is 0 Å². The van der Waals surface area contributed by atoms with Gasteiger partial charge in [-0.1, -0.05) is 46.2 Å². The Bertz CT molecular complexity index is 749. The van der Waals surface area contributed by atoms with Crippen molar-refractivity contribution in [2.24, 2.45) is 11.8 Å². The molecule has 6 nitrogen and oxygen atoms in total. The van der Waals surface area contributed by atoms with Crippen molar-refractivity contribution in [2.75, 3.05) is 11.9 Å². The number of imide groups is 1. The maximum Gasteiger partial charge on any atom is 0.325 e. The highest BCUT2D eigenvalue weighted by atomic mass is 16.2. The molecule has 2 atom stereocenters. The van der Waals surface area contributed by atoms with E-state index in [4.69, 9.17) is 0 Å². The zero-order chi connectivity index (χ0) is 19.8. The molecule has 3 rings (SSSR count). The number of carbonyl (C=O) groups is 3. The number of benzene rings is 1. The smallest absolute Gasteiger partial charge is 0.325 e. The summed E-state index contributed by atoms with van der Waals surface area (Å²) < 4.78 is 0. The monoisotopic (exact) mass is 371 g/mol. The van der Waals surface area contributed by atoms with Crippen LogP contribution in [-0.4, -0.2) is 34.8 Å². The van der Waals surface area contributed by atoms with Gasteiger partial charge in [-0.25, -0.2) is 4.79 Å². The van der Waals surface area contributed by atoms with Crippen molar-refractivity contribution in [3.63, 3.8) is 0 Å². The van der Waals surface area contributed by atoms with E-state index in [0.717, 1.165) is 29.7 Å². The minimum atomic E-state index is -0.868. The van der Waals surface area contributed by atoms with Crippen LogP contribution >= 0.6 is 0 Å². The lowest BCUT2D eigenvalue weighted by molar-refractivity contribution is -0.138. The number of hydrogen-bond donors (Lipinski definition) is 2. The van der Waals surface area contributed by atoms with Crippen LogP contribution in [0.1, 0.15) is 58.4 Å². The van der Waals surface area contributed by atoms with Crippen molar-refractivity contribution < 1.29 is 14.4 Å². The Hall–Kier alpha value is -2.37. The molecule has 1 aromatic carbocycles. The van der Waals surface area contributed by atoms with Gasteiger partial charge in [-0.2, -0.15) is 0 Å². The molecule has 1 aromatic rings. The molecular weight excluding hydrogens is 342 g/mol. The summed E-state index contributed by atoms with van der Waals surface area (Å²) in [5, 5.41) is 5.73. The number of amides is 4. The van der Waals surface area contributed by atoms with Crippen molar-refractivity contribution in [1.82, 2.24) is 10.2 Å². The highest BCUT2D eigenvalue weighted by Gasteiger charge is 2.58. The SMILES string of the molecule is CC(C)c1cccc(NC(=O)CN2C(=O)NC3(C2=O)C(C)CCCC3C)c1. The van der Waals surface area contributed by atoms with Gasteiger partial charge in [0.15, 0.2) is 0 Å². The number of hydrogen-bond acceptors (Lipinski definition) is 3. The van der Waals surface area contributed by atoms with Gasteiger partial charge in [0.25, 0.3) is 5.91 Å². The molecule has 0 radical (unpaired) electrons. The summed E-state index contributed by atoms with van der Waals surface area (Å²) in [6.07, 6.45) is 2.86. The first-order chi connectivity index (χ1) is 12.8. The fourth-order valence-electron chi connectivity index (χ4n) is 4.42. The first kappa shape index (κ1) is 19.4. The van der Waals surface area contributed by atoms with Crippen LogP contribution in [0.5, 0.6) is 0 Å². The minimum absolute atomic E-state index is 0.0634. The van der Waals surface area contributed by atoms with Crippen molar-refractivity contribution in [1.29, 1.82) is 0 Å². The fraction of sp³-hybridized carbons (Fsp3) is 0.571. The van der Waals surface area contributed by atoms with E-state index in [-0.39, 0.29) is 30.2 Å². The molecule has 0 bridgehead atoms. The number of carbonyl (C=O) groups excluding carboxylic acids is 3. The Morgan fingerprint density at radius 3 is 2.56 bits per heavy atom. The summed E-state index contributed by atoms with van der Waals surface area (Å²) in [5.41, 5.74) is 0.923. The summed E-state index contributed by atoms with van der Waals surface area (Å²) >= 11 is 0. The molecule has 27 heavy (non-hydrogen) atoms. The molecule has 6 heteroatoms. The normalized spacial score (nSPS) is 28.0. The van der Waals surface area contributed by atoms with Gasteiger partial charge >= 0.3 is 6.03 Å². The van der Waals surface area contributed by atoms with E-state index in [0.29, 0.717) is 11.6 Å². The van der Waals surface area contributed by atoms with Gasteiger partial charge < -0.3 is 10.6 Å². The largest absolute Gasteiger partial charge is 0.325 e. The third-order valence-corrected chi connectivity index (χ3v) is 6.13. The van der Waals surface area contributed by atoms with E-state index in [9.17, 15) is 14.4 Å². The standard InChI is InChI=1S/C21H29N3O3/c1-13(2)16-9-6-10-17(11-16)22-18(25)12-24-19(26)21(23-20(24)27)14(3)7-5-8-15(21)4/h6,9-11,13-15H,5,7-8,12H2,1-4H3,(H,22,25)(H,23,27). The summed E-state index contributed by atoms with van der Waals surface area (Å²) in [7, 11) is 0. The molecule has 1 saturated carbocycles. The first-order valence-electron chi connectivity index (χ1n) is 9.79. The topological polar surface area (TPSA) is 78.5 Å². The number of urea groups is 1. The van der Waals surface area contributed by atoms with E-state index < -0.39 is 11.6 Å². The van der Waals surface area contributed by atoms with Crippen molar-refractivity contribution in [2.45, 2.75) is 58.4 Å². The summed E-state index contributed by atoms with van der Waals surface area (Å²) in [6.45, 7) is 7.92. The quantitative estimate of drug-likeness (QED) is 0.795. The van der Waals surface area contributed by atoms with Gasteiger partial charge in [0.05, 0.1) is 0 Å². The van der Waals surface area contributed by atoms with Crippen molar-refractivity contribution in [3.05, 3.63) is 29.8 Å². The minimum Gasteiger partial charge on any atom is -0.325 e. The molecule has 0 aromatic heterocycles. The molecule has 1 spiro atoms. The van der Waals surface area contributed by atoms with Crippen molar-refractivity contribution >= 4 is 23.5 Å². The molecule has 4 amide bonds. The number of anilines is 1. The Labute approximate surface area is 160 Å². The van der Waals surface area contributed by atoms with Gasteiger partial charge in [0.2, 0.25) is 5.91 Å². The first-order valence-corrected chi connectivity index (χ1v) is 9.79. The third-order valence-electron chi connectivity index (χ3n) is 6.13. The summed E-state index contributed by atoms with van der Waals surface area (Å²) in [5.74, 6) is -0.158. The van der Waals surface area contributed by atoms with Crippen LogP contribution < -0.4 is 10.6 Å². The summed E-state index contributed by atoms with van der Waals surface area (Å²) in [4.78, 5) is 39.2. The molecule has 2 aliphatic rings. The van der Waals surface area contributed by atoms with Crippen LogP contribution in [0.4, 0.5) is 10.5 Å². The molecule has 2 fully saturated rings. The fourth-order valence-corrected chi connectivity index (χ4v) is 4.42. The molecule has 146 valence electrons. The molecule has 1 heterocycles. The molecule has 2 N–H and O–H groups in total. The van der Waals surface area contributed by atoms with Crippen molar-refractivity contribution in [3.8, 4) is 0 Å². The van der Waals surface area contributed by atoms with E-state index >= 15 is 0 Å². The Kier molecular flexibility index (Phi) is 5.27. The van der Waals surface area contributed by atoms with Gasteiger partial charge in [0, 0.05) is 5.69 Å². The lowest BCUT2D eigenvalue weighted by Gasteiger charge is -2.42. The molecule has 1 saturated heterocycles. The van der Waals surface area contributed by atoms with Crippen LogP contribution in [0.3, 0.4) is 0 Å². The second-order valence-electron chi connectivity index (χ2n) is 8.25. The Morgan fingerprint density at radius 1 is 1.26 bits per heavy atom. The number of nitrogens with one attached hydrogen (secondary N) is 2. The lowest BCUT2D eigenvalue weighted by atomic mass is 9.67. The number of nitrogens with zero attached hydrogens (tertiary/aromatic N) is 1. The van der Waals surface area contributed by atoms with E-state index in [2.05, 4.69) is 24.5 Å². The second kappa shape index (κ2) is 7.33. The van der Waals surface area contributed by atoms with Crippen LogP contribution in [-0.2, 0) is 9.59 Å². The van der Waals surface area contributed by atoms with Gasteiger partial charge in [0.1, 0.15) is 12.1 Å². The highest BCUT2D eigenvalue weighted by Crippen LogP contribution is 2.42. The number of rotatable bonds is 4. The Morgan fingerprint density at radius 2 is 1.93 bits per heavy atom. The zero-order valence-electron chi connectivity index (χ0n) is 16.5. The zero-order valence-corrected chi connectivity index (χ0v) is 16.5. The predicted octanol–water partition coefficient (Wildman–Crippen LogP) is 3.50. The van der Waals surface area contributed by atoms with Crippen LogP contribution in [0.15, 0.2) is 24.3 Å². The Balaban J connectivity index is 1.72. The average Bonchev–Trinajstić information content (AvgIpc) is 2.86. The maximum absolute atomic E-state index is 13.1. The van der Waals surface area contributed by atoms with Gasteiger partial charge in [-0.3, -0.25) is 14.5 Å². The summed E-state index contributed by atoms with van der Waals surface area (Å²) in [6, 6.07) is 7.16. The maximum atomic E-state index is 13.1. The van der Waals surface area contributed by atoms with E-state index in [1.807, 2.05) is 38.1 Å². The van der Waals surface area contributed by atoms with Crippen LogP contribution in [0.2, 0.25) is 0 Å². The van der Waals surface area contributed by atoms with Gasteiger partial charge in [-0.05, 0) is 48.3 Å².